The monoisotopic (exact) mass is 352 g/mol. The molecule has 2 aromatic rings. The van der Waals surface area contributed by atoms with Crippen molar-refractivity contribution in [2.75, 3.05) is 28.4 Å². The van der Waals surface area contributed by atoms with E-state index < -0.39 is 0 Å². The second kappa shape index (κ2) is 9.99. The third-order valence-electron chi connectivity index (χ3n) is 3.73. The number of rotatable bonds is 8. The molecule has 0 bridgehead atoms. The molecule has 0 saturated carbocycles. The van der Waals surface area contributed by atoms with Crippen LogP contribution in [0.3, 0.4) is 0 Å². The normalized spacial score (nSPS) is 11.4. The summed E-state index contributed by atoms with van der Waals surface area (Å²) in [6.07, 6.45) is 11.9. The van der Waals surface area contributed by atoms with E-state index in [1.807, 2.05) is 72.9 Å². The van der Waals surface area contributed by atoms with Crippen molar-refractivity contribution in [1.82, 2.24) is 0 Å². The Balaban J connectivity index is 1.98. The molecular formula is C22H24O4. The van der Waals surface area contributed by atoms with Crippen molar-refractivity contribution in [1.29, 1.82) is 0 Å². The van der Waals surface area contributed by atoms with Gasteiger partial charge in [0.2, 0.25) is 0 Å². The van der Waals surface area contributed by atoms with E-state index in [-0.39, 0.29) is 0 Å². The molecular weight excluding hydrogens is 328 g/mol. The highest BCUT2D eigenvalue weighted by Gasteiger charge is 2.03. The minimum Gasteiger partial charge on any atom is -0.493 e. The Morgan fingerprint density at radius 2 is 0.885 bits per heavy atom. The Morgan fingerprint density at radius 3 is 1.23 bits per heavy atom. The zero-order chi connectivity index (χ0) is 18.8. The lowest BCUT2D eigenvalue weighted by molar-refractivity contribution is 0.355. The van der Waals surface area contributed by atoms with E-state index >= 15 is 0 Å². The van der Waals surface area contributed by atoms with Crippen molar-refractivity contribution in [3.8, 4) is 23.0 Å². The maximum absolute atomic E-state index is 5.30. The van der Waals surface area contributed by atoms with Crippen LogP contribution in [0.4, 0.5) is 0 Å². The third kappa shape index (κ3) is 5.18. The van der Waals surface area contributed by atoms with Crippen molar-refractivity contribution < 1.29 is 18.9 Å². The van der Waals surface area contributed by atoms with Gasteiger partial charge in [-0.15, -0.1) is 0 Å². The molecule has 2 aromatic carbocycles. The average molecular weight is 352 g/mol. The van der Waals surface area contributed by atoms with Crippen LogP contribution in [0.5, 0.6) is 23.0 Å². The molecule has 0 aliphatic heterocycles. The molecule has 0 N–H and O–H groups in total. The van der Waals surface area contributed by atoms with Crippen molar-refractivity contribution in [3.05, 3.63) is 71.8 Å². The quantitative estimate of drug-likeness (QED) is 0.626. The summed E-state index contributed by atoms with van der Waals surface area (Å²) in [5, 5.41) is 0. The van der Waals surface area contributed by atoms with Crippen LogP contribution in [0.2, 0.25) is 0 Å². The highest BCUT2D eigenvalue weighted by Crippen LogP contribution is 2.28. The Bertz CT molecular complexity index is 736. The molecule has 2 rings (SSSR count). The molecule has 0 spiro atoms. The van der Waals surface area contributed by atoms with Crippen molar-refractivity contribution in [3.63, 3.8) is 0 Å². The number of benzene rings is 2. The van der Waals surface area contributed by atoms with Gasteiger partial charge in [-0.3, -0.25) is 0 Å². The molecule has 0 radical (unpaired) electrons. The smallest absolute Gasteiger partial charge is 0.161 e. The first kappa shape index (κ1) is 19.2. The number of allylic oxidation sites excluding steroid dienone is 4. The minimum atomic E-state index is 0.715. The summed E-state index contributed by atoms with van der Waals surface area (Å²) in [6, 6.07) is 11.6. The maximum atomic E-state index is 5.30. The first-order valence-corrected chi connectivity index (χ1v) is 8.17. The summed E-state index contributed by atoms with van der Waals surface area (Å²) in [5.74, 6) is 2.87. The standard InChI is InChI=1S/C22H24O4/c1-23-19-13-11-17(15-21(19)25-3)9-7-5-6-8-10-18-12-14-20(24-2)22(16-18)26-4/h5-16H,1-4H3/b6-5+,9-7+,10-8+. The molecule has 136 valence electrons. The Morgan fingerprint density at radius 1 is 0.500 bits per heavy atom. The zero-order valence-corrected chi connectivity index (χ0v) is 15.6. The van der Waals surface area contributed by atoms with Gasteiger partial charge in [-0.1, -0.05) is 48.6 Å². The molecule has 0 aromatic heterocycles. The highest BCUT2D eigenvalue weighted by atomic mass is 16.5. The summed E-state index contributed by atoms with van der Waals surface area (Å²) >= 11 is 0. The molecule has 4 nitrogen and oxygen atoms in total. The van der Waals surface area contributed by atoms with Gasteiger partial charge in [-0.05, 0) is 35.4 Å². The van der Waals surface area contributed by atoms with Crippen LogP contribution in [0, 0.1) is 0 Å². The Kier molecular flexibility index (Phi) is 7.37. The maximum Gasteiger partial charge on any atom is 0.161 e. The van der Waals surface area contributed by atoms with Gasteiger partial charge in [-0.2, -0.15) is 0 Å². The lowest BCUT2D eigenvalue weighted by Crippen LogP contribution is -1.90. The first-order chi connectivity index (χ1) is 12.7. The van der Waals surface area contributed by atoms with Gasteiger partial charge in [0.05, 0.1) is 28.4 Å². The fraction of sp³-hybridized carbons (Fsp3) is 0.182. The topological polar surface area (TPSA) is 36.9 Å². The fourth-order valence-electron chi connectivity index (χ4n) is 2.37. The number of hydrogen-bond donors (Lipinski definition) is 0. The Hall–Kier alpha value is -3.14. The summed E-state index contributed by atoms with van der Waals surface area (Å²) in [4.78, 5) is 0. The van der Waals surface area contributed by atoms with Gasteiger partial charge < -0.3 is 18.9 Å². The molecule has 0 heterocycles. The summed E-state index contributed by atoms with van der Waals surface area (Å²) < 4.78 is 21.1. The molecule has 4 heteroatoms. The minimum absolute atomic E-state index is 0.715. The molecule has 26 heavy (non-hydrogen) atoms. The van der Waals surface area contributed by atoms with E-state index in [0.717, 1.165) is 22.6 Å². The van der Waals surface area contributed by atoms with E-state index in [9.17, 15) is 0 Å². The van der Waals surface area contributed by atoms with Crippen LogP contribution >= 0.6 is 0 Å². The molecule has 0 aliphatic rings. The molecule has 0 saturated heterocycles. The highest BCUT2D eigenvalue weighted by molar-refractivity contribution is 5.59. The van der Waals surface area contributed by atoms with E-state index in [0.29, 0.717) is 11.5 Å². The van der Waals surface area contributed by atoms with E-state index in [2.05, 4.69) is 0 Å². The van der Waals surface area contributed by atoms with Gasteiger partial charge in [0.1, 0.15) is 0 Å². The molecule has 0 fully saturated rings. The van der Waals surface area contributed by atoms with Crippen LogP contribution in [-0.4, -0.2) is 28.4 Å². The predicted octanol–water partition coefficient (Wildman–Crippen LogP) is 5.00. The second-order valence-electron chi connectivity index (χ2n) is 5.33. The van der Waals surface area contributed by atoms with E-state index in [4.69, 9.17) is 18.9 Å². The largest absolute Gasteiger partial charge is 0.493 e. The average Bonchev–Trinajstić information content (AvgIpc) is 2.70. The van der Waals surface area contributed by atoms with Crippen LogP contribution in [0.1, 0.15) is 11.1 Å². The fourth-order valence-corrected chi connectivity index (χ4v) is 2.37. The molecule has 0 amide bonds. The van der Waals surface area contributed by atoms with Gasteiger partial charge in [0.25, 0.3) is 0 Å². The summed E-state index contributed by atoms with van der Waals surface area (Å²) in [5.41, 5.74) is 2.08. The number of hydrogen-bond acceptors (Lipinski definition) is 4. The van der Waals surface area contributed by atoms with E-state index in [1.165, 1.54) is 0 Å². The third-order valence-corrected chi connectivity index (χ3v) is 3.73. The van der Waals surface area contributed by atoms with Crippen molar-refractivity contribution in [2.24, 2.45) is 0 Å². The van der Waals surface area contributed by atoms with Crippen molar-refractivity contribution in [2.45, 2.75) is 0 Å². The second-order valence-corrected chi connectivity index (χ2v) is 5.33. The van der Waals surface area contributed by atoms with Crippen molar-refractivity contribution >= 4 is 12.2 Å². The van der Waals surface area contributed by atoms with Crippen LogP contribution in [-0.2, 0) is 0 Å². The lowest BCUT2D eigenvalue weighted by Gasteiger charge is -2.07. The van der Waals surface area contributed by atoms with E-state index in [1.54, 1.807) is 28.4 Å². The summed E-state index contributed by atoms with van der Waals surface area (Å²) in [7, 11) is 6.51. The van der Waals surface area contributed by atoms with Crippen LogP contribution in [0.15, 0.2) is 60.7 Å². The van der Waals surface area contributed by atoms with Crippen LogP contribution < -0.4 is 18.9 Å². The van der Waals surface area contributed by atoms with Gasteiger partial charge >= 0.3 is 0 Å². The number of ether oxygens (including phenoxy) is 4. The first-order valence-electron chi connectivity index (χ1n) is 8.17. The Labute approximate surface area is 155 Å². The SMILES string of the molecule is COc1ccc(/C=C/C=C/C=C/c2ccc(OC)c(OC)c2)cc1OC. The lowest BCUT2D eigenvalue weighted by atomic mass is 10.1. The van der Waals surface area contributed by atoms with Gasteiger partial charge in [0, 0.05) is 0 Å². The van der Waals surface area contributed by atoms with Gasteiger partial charge in [-0.25, -0.2) is 0 Å². The molecule has 0 atom stereocenters. The van der Waals surface area contributed by atoms with Crippen LogP contribution in [0.25, 0.3) is 12.2 Å². The zero-order valence-electron chi connectivity index (χ0n) is 15.6. The molecule has 0 aliphatic carbocycles. The molecule has 0 unspecified atom stereocenters. The van der Waals surface area contributed by atoms with Gasteiger partial charge in [0.15, 0.2) is 23.0 Å². The number of methoxy groups -OCH3 is 4. The predicted molar refractivity (Wildman–Crippen MR) is 106 cm³/mol. The summed E-state index contributed by atoms with van der Waals surface area (Å²) in [6.45, 7) is 0.